The molecule has 6 heteroatoms. The average molecular weight is 270 g/mol. The van der Waals surface area contributed by atoms with Crippen molar-refractivity contribution in [2.75, 3.05) is 16.8 Å². The van der Waals surface area contributed by atoms with E-state index in [2.05, 4.69) is 16.4 Å². The van der Waals surface area contributed by atoms with Gasteiger partial charge in [-0.15, -0.1) is 11.8 Å². The molecule has 0 saturated heterocycles. The molecule has 0 radical (unpaired) electrons. The monoisotopic (exact) mass is 270 g/mol. The normalized spacial score (nSPS) is 13.5. The van der Waals surface area contributed by atoms with E-state index in [-0.39, 0.29) is 5.91 Å². The number of nitriles is 1. The topological polar surface area (TPSA) is 94.7 Å². The molecular formula is C13H10N4OS. The summed E-state index contributed by atoms with van der Waals surface area (Å²) < 4.78 is 0. The molecule has 2 aromatic rings. The van der Waals surface area contributed by atoms with Crippen LogP contribution in [0.1, 0.15) is 5.56 Å². The number of benzene rings is 1. The number of H-pyrrole nitrogens is 1. The second kappa shape index (κ2) is 4.37. The van der Waals surface area contributed by atoms with E-state index in [0.717, 1.165) is 21.7 Å². The van der Waals surface area contributed by atoms with Crippen molar-refractivity contribution in [1.29, 1.82) is 5.26 Å². The summed E-state index contributed by atoms with van der Waals surface area (Å²) >= 11 is 1.51. The summed E-state index contributed by atoms with van der Waals surface area (Å²) in [4.78, 5) is 15.3. The molecule has 1 aliphatic rings. The van der Waals surface area contributed by atoms with Crippen molar-refractivity contribution in [3.8, 4) is 17.2 Å². The Bertz CT molecular complexity index is 714. The minimum atomic E-state index is -0.0104. The zero-order valence-electron chi connectivity index (χ0n) is 9.86. The highest BCUT2D eigenvalue weighted by atomic mass is 32.2. The molecule has 0 unspecified atom stereocenters. The molecule has 5 nitrogen and oxygen atoms in total. The van der Waals surface area contributed by atoms with Crippen LogP contribution in [0.3, 0.4) is 0 Å². The van der Waals surface area contributed by atoms with Gasteiger partial charge in [-0.1, -0.05) is 6.07 Å². The van der Waals surface area contributed by atoms with Crippen LogP contribution in [-0.2, 0) is 4.79 Å². The summed E-state index contributed by atoms with van der Waals surface area (Å²) in [5, 5.41) is 11.9. The first-order chi connectivity index (χ1) is 9.19. The van der Waals surface area contributed by atoms with E-state index in [0.29, 0.717) is 17.1 Å². The molecule has 3 rings (SSSR count). The third-order valence-electron chi connectivity index (χ3n) is 2.95. The highest BCUT2D eigenvalue weighted by Crippen LogP contribution is 2.36. The molecule has 94 valence electrons. The summed E-state index contributed by atoms with van der Waals surface area (Å²) in [6.07, 6.45) is 1.70. The zero-order chi connectivity index (χ0) is 13.4. The quantitative estimate of drug-likeness (QED) is 0.740. The number of anilines is 2. The molecule has 4 N–H and O–H groups in total. The number of fused-ring (bicyclic) bond motifs is 1. The van der Waals surface area contributed by atoms with Crippen molar-refractivity contribution < 1.29 is 4.79 Å². The molecular weight excluding hydrogens is 260 g/mol. The van der Waals surface area contributed by atoms with E-state index in [1.807, 2.05) is 18.2 Å². The fourth-order valence-corrected chi connectivity index (χ4v) is 2.83. The van der Waals surface area contributed by atoms with Crippen molar-refractivity contribution in [3.05, 3.63) is 30.0 Å². The molecule has 1 aromatic heterocycles. The van der Waals surface area contributed by atoms with Gasteiger partial charge in [0.05, 0.1) is 11.4 Å². The van der Waals surface area contributed by atoms with Crippen LogP contribution < -0.4 is 11.1 Å². The predicted octanol–water partition coefficient (Wildman–Crippen LogP) is 2.18. The Morgan fingerprint density at radius 2 is 2.26 bits per heavy atom. The Hall–Kier alpha value is -2.39. The number of carbonyl (C=O) groups is 1. The van der Waals surface area contributed by atoms with E-state index in [1.165, 1.54) is 11.8 Å². The Kier molecular flexibility index (Phi) is 2.69. The van der Waals surface area contributed by atoms with Crippen LogP contribution >= 0.6 is 11.8 Å². The van der Waals surface area contributed by atoms with Gasteiger partial charge < -0.3 is 16.0 Å². The number of nitrogens with one attached hydrogen (secondary N) is 2. The molecule has 19 heavy (non-hydrogen) atoms. The van der Waals surface area contributed by atoms with Crippen molar-refractivity contribution >= 4 is 29.2 Å². The number of hydrogen-bond acceptors (Lipinski definition) is 4. The number of aromatic nitrogens is 1. The number of nitrogen functional groups attached to an aromatic ring is 1. The van der Waals surface area contributed by atoms with E-state index in [9.17, 15) is 4.79 Å². The van der Waals surface area contributed by atoms with Gasteiger partial charge in [0, 0.05) is 16.7 Å². The van der Waals surface area contributed by atoms with Crippen molar-refractivity contribution in [1.82, 2.24) is 4.98 Å². The lowest BCUT2D eigenvalue weighted by molar-refractivity contribution is -0.113. The molecule has 0 atom stereocenters. The molecule has 2 heterocycles. The van der Waals surface area contributed by atoms with Crippen molar-refractivity contribution in [3.63, 3.8) is 0 Å². The molecule has 0 spiro atoms. The number of carbonyl (C=O) groups excluding carboxylic acids is 1. The number of amides is 1. The zero-order valence-corrected chi connectivity index (χ0v) is 10.7. The number of thioether (sulfide) groups is 1. The molecule has 0 bridgehead atoms. The van der Waals surface area contributed by atoms with Gasteiger partial charge in [-0.05, 0) is 17.7 Å². The summed E-state index contributed by atoms with van der Waals surface area (Å²) in [7, 11) is 0. The number of nitrogens with zero attached hydrogens (tertiary/aromatic N) is 1. The molecule has 1 aliphatic heterocycles. The van der Waals surface area contributed by atoms with Gasteiger partial charge in [-0.3, -0.25) is 4.79 Å². The van der Waals surface area contributed by atoms with Crippen molar-refractivity contribution in [2.24, 2.45) is 0 Å². The Balaban J connectivity index is 2.09. The van der Waals surface area contributed by atoms with Gasteiger partial charge in [0.15, 0.2) is 0 Å². The second-order valence-electron chi connectivity index (χ2n) is 4.15. The Labute approximate surface area is 113 Å². The molecule has 1 aromatic carbocycles. The van der Waals surface area contributed by atoms with Crippen LogP contribution in [0.2, 0.25) is 0 Å². The van der Waals surface area contributed by atoms with Gasteiger partial charge in [0.1, 0.15) is 17.5 Å². The standard InChI is InChI=1S/C13H10N4OS/c14-4-8-9(5-16-13(8)15)7-1-2-11-10(3-7)17-12(18)6-19-11/h1-3,5,16H,6,15H2,(H,17,18). The van der Waals surface area contributed by atoms with Crippen molar-refractivity contribution in [2.45, 2.75) is 4.90 Å². The maximum Gasteiger partial charge on any atom is 0.234 e. The minimum absolute atomic E-state index is 0.0104. The lowest BCUT2D eigenvalue weighted by Gasteiger charge is -2.16. The van der Waals surface area contributed by atoms with Gasteiger partial charge in [0.25, 0.3) is 0 Å². The first-order valence-electron chi connectivity index (χ1n) is 5.63. The summed E-state index contributed by atoms with van der Waals surface area (Å²) in [6.45, 7) is 0. The van der Waals surface area contributed by atoms with E-state index >= 15 is 0 Å². The summed E-state index contributed by atoms with van der Waals surface area (Å²) in [6, 6.07) is 7.81. The first-order valence-corrected chi connectivity index (χ1v) is 6.61. The van der Waals surface area contributed by atoms with Gasteiger partial charge in [-0.2, -0.15) is 5.26 Å². The van der Waals surface area contributed by atoms with Crippen LogP contribution in [0, 0.1) is 11.3 Å². The molecule has 0 aliphatic carbocycles. The highest BCUT2D eigenvalue weighted by Gasteiger charge is 2.17. The fraction of sp³-hybridized carbons (Fsp3) is 0.0769. The maximum absolute atomic E-state index is 11.4. The van der Waals surface area contributed by atoms with Crippen LogP contribution in [0.5, 0.6) is 0 Å². The van der Waals surface area contributed by atoms with E-state index in [4.69, 9.17) is 11.0 Å². The van der Waals surface area contributed by atoms with Crippen LogP contribution in [-0.4, -0.2) is 16.6 Å². The molecule has 0 fully saturated rings. The van der Waals surface area contributed by atoms with Gasteiger partial charge in [-0.25, -0.2) is 0 Å². The summed E-state index contributed by atoms with van der Waals surface area (Å²) in [5.74, 6) is 0.782. The van der Waals surface area contributed by atoms with E-state index in [1.54, 1.807) is 6.20 Å². The third-order valence-corrected chi connectivity index (χ3v) is 4.02. The van der Waals surface area contributed by atoms with Gasteiger partial charge >= 0.3 is 0 Å². The Morgan fingerprint density at radius 3 is 3.05 bits per heavy atom. The maximum atomic E-state index is 11.4. The third kappa shape index (κ3) is 1.94. The number of hydrogen-bond donors (Lipinski definition) is 3. The first kappa shape index (κ1) is 11.7. The minimum Gasteiger partial charge on any atom is -0.384 e. The molecule has 1 amide bonds. The highest BCUT2D eigenvalue weighted by molar-refractivity contribution is 8.00. The Morgan fingerprint density at radius 1 is 1.42 bits per heavy atom. The molecule has 0 saturated carbocycles. The lowest BCUT2D eigenvalue weighted by atomic mass is 10.0. The second-order valence-corrected chi connectivity index (χ2v) is 5.17. The smallest absolute Gasteiger partial charge is 0.234 e. The van der Waals surface area contributed by atoms with Crippen LogP contribution in [0.25, 0.3) is 11.1 Å². The lowest BCUT2D eigenvalue weighted by Crippen LogP contribution is -2.18. The number of aromatic amines is 1. The average Bonchev–Trinajstić information content (AvgIpc) is 2.79. The van der Waals surface area contributed by atoms with Crippen LogP contribution in [0.15, 0.2) is 29.3 Å². The fourth-order valence-electron chi connectivity index (χ4n) is 2.04. The number of rotatable bonds is 1. The van der Waals surface area contributed by atoms with Crippen LogP contribution in [0.4, 0.5) is 11.5 Å². The predicted molar refractivity (Wildman–Crippen MR) is 74.7 cm³/mol. The number of nitrogens with two attached hydrogens (primary N) is 1. The summed E-state index contributed by atoms with van der Waals surface area (Å²) in [5.41, 5.74) is 8.50. The largest absolute Gasteiger partial charge is 0.384 e. The van der Waals surface area contributed by atoms with Gasteiger partial charge in [0.2, 0.25) is 5.91 Å². The van der Waals surface area contributed by atoms with E-state index < -0.39 is 0 Å². The SMILES string of the molecule is N#Cc1c(-c2ccc3c(c2)NC(=O)CS3)c[nH]c1N.